The molecule has 0 fully saturated rings. The highest BCUT2D eigenvalue weighted by Gasteiger charge is 2.25. The van der Waals surface area contributed by atoms with Gasteiger partial charge in [-0.15, -0.1) is 11.3 Å². The first-order chi connectivity index (χ1) is 32.6. The molecule has 0 saturated carbocycles. The normalized spacial score (nSPS) is 11.1. The highest BCUT2D eigenvalue weighted by Crippen LogP contribution is 2.33. The van der Waals surface area contributed by atoms with E-state index in [1.807, 2.05) is 65.9 Å². The van der Waals surface area contributed by atoms with Crippen molar-refractivity contribution in [2.24, 2.45) is 5.73 Å². The van der Waals surface area contributed by atoms with Gasteiger partial charge in [0.2, 0.25) is 0 Å². The summed E-state index contributed by atoms with van der Waals surface area (Å²) in [4.78, 5) is 0. The molecule has 0 saturated heterocycles. The van der Waals surface area contributed by atoms with Crippen LogP contribution in [0.15, 0.2) is 179 Å². The predicted octanol–water partition coefficient (Wildman–Crippen LogP) is 9.52. The van der Waals surface area contributed by atoms with Crippen LogP contribution in [0, 0.1) is 0 Å². The van der Waals surface area contributed by atoms with Gasteiger partial charge in [0, 0.05) is 35.8 Å². The van der Waals surface area contributed by atoms with E-state index in [1.165, 1.54) is 42.0 Å². The van der Waals surface area contributed by atoms with Gasteiger partial charge in [0.05, 0.1) is 13.2 Å². The summed E-state index contributed by atoms with van der Waals surface area (Å²) in [6.45, 7) is 7.63. The minimum Gasteiger partial charge on any atom is -0.457 e. The fraction of sp³-hybridized carbons (Fsp3) is 0.185. The van der Waals surface area contributed by atoms with Crippen LogP contribution in [0.1, 0.15) is 37.8 Å². The van der Waals surface area contributed by atoms with Crippen LogP contribution in [0.25, 0.3) is 20.2 Å². The number of nitrogens with two attached hydrogens (primary N) is 1. The third kappa shape index (κ3) is 12.6. The predicted molar refractivity (Wildman–Crippen MR) is 285 cm³/mol. The smallest absolute Gasteiger partial charge is 0.362 e. The Morgan fingerprint density at radius 1 is 0.455 bits per heavy atom. The average Bonchev–Trinajstić information content (AvgIpc) is 4.17. The van der Waals surface area contributed by atoms with Gasteiger partial charge in [-0.2, -0.15) is 22.7 Å². The first-order valence-electron chi connectivity index (χ1n) is 22.7. The number of benzene rings is 6. The quantitative estimate of drug-likeness (QED) is 0.0725. The molecule has 66 heavy (non-hydrogen) atoms. The minimum absolute atomic E-state index is 0.0369. The second kappa shape index (κ2) is 24.5. The molecule has 0 spiro atoms. The molecule has 0 aliphatic heterocycles. The standard InChI is InChI=1S/C29H29BO3.C25H25B2NO2S3/c1-2-19-32-30(26-13-5-3-6-14-26)27-15-9-11-24(20-27)22-31-23-25-12-10-18-29(21-25)33-28-16-7-4-8-17-28;1-2-10-29-26(20-7-12-31-16-20)18-3-5-24-22(14-18)23-15-19(4-6-25(23)33-24)27(30-11-9-28)21-8-13-32-17-21/h3-18,20-21H,2,19,22-23H2,1H3;3-8,12-17H,2,9-11,28H2,1H3. The first-order valence-corrected chi connectivity index (χ1v) is 25.4. The van der Waals surface area contributed by atoms with E-state index in [2.05, 4.69) is 138 Å². The zero-order chi connectivity index (χ0) is 45.3. The maximum absolute atomic E-state index is 6.29. The van der Waals surface area contributed by atoms with Crippen molar-refractivity contribution < 1.29 is 23.4 Å². The van der Waals surface area contributed by atoms with Crippen LogP contribution in [0.2, 0.25) is 0 Å². The highest BCUT2D eigenvalue weighted by atomic mass is 32.1. The van der Waals surface area contributed by atoms with Crippen molar-refractivity contribution in [3.05, 3.63) is 190 Å². The lowest BCUT2D eigenvalue weighted by Crippen LogP contribution is -2.45. The van der Waals surface area contributed by atoms with Crippen LogP contribution in [0.4, 0.5) is 0 Å². The van der Waals surface area contributed by atoms with Crippen molar-refractivity contribution in [2.75, 3.05) is 26.4 Å². The van der Waals surface area contributed by atoms with Gasteiger partial charge < -0.3 is 29.2 Å². The molecule has 6 aromatic carbocycles. The molecule has 2 N–H and O–H groups in total. The van der Waals surface area contributed by atoms with E-state index in [9.17, 15) is 0 Å². The summed E-state index contributed by atoms with van der Waals surface area (Å²) in [5, 5.41) is 11.1. The summed E-state index contributed by atoms with van der Waals surface area (Å²) in [5.74, 6) is 1.63. The lowest BCUT2D eigenvalue weighted by Gasteiger charge is -2.16. The summed E-state index contributed by atoms with van der Waals surface area (Å²) < 4.78 is 33.2. The van der Waals surface area contributed by atoms with Gasteiger partial charge in [0.25, 0.3) is 0 Å². The first kappa shape index (κ1) is 47.2. The van der Waals surface area contributed by atoms with Crippen LogP contribution >= 0.6 is 34.0 Å². The maximum atomic E-state index is 6.29. The average molecular weight is 926 g/mol. The monoisotopic (exact) mass is 925 g/mol. The molecule has 0 atom stereocenters. The molecule has 0 aliphatic rings. The summed E-state index contributed by atoms with van der Waals surface area (Å²) in [6, 6.07) is 54.5. The van der Waals surface area contributed by atoms with Crippen molar-refractivity contribution in [1.29, 1.82) is 0 Å². The van der Waals surface area contributed by atoms with Gasteiger partial charge >= 0.3 is 20.7 Å². The van der Waals surface area contributed by atoms with E-state index in [4.69, 9.17) is 29.2 Å². The third-order valence-corrected chi connectivity index (χ3v) is 13.5. The van der Waals surface area contributed by atoms with Crippen LogP contribution < -0.4 is 43.2 Å². The summed E-state index contributed by atoms with van der Waals surface area (Å²) in [6.07, 6.45) is 1.99. The molecule has 332 valence electrons. The van der Waals surface area contributed by atoms with E-state index in [0.717, 1.165) is 59.6 Å². The molecular weight excluding hydrogens is 871 g/mol. The third-order valence-electron chi connectivity index (χ3n) is 11.0. The van der Waals surface area contributed by atoms with Gasteiger partial charge in [0.15, 0.2) is 0 Å². The molecule has 12 heteroatoms. The Morgan fingerprint density at radius 2 is 0.955 bits per heavy atom. The van der Waals surface area contributed by atoms with Crippen LogP contribution in [-0.2, 0) is 31.9 Å². The molecule has 0 radical (unpaired) electrons. The molecule has 6 nitrogen and oxygen atoms in total. The fourth-order valence-corrected chi connectivity index (χ4v) is 10.3. The van der Waals surface area contributed by atoms with E-state index in [1.54, 1.807) is 22.7 Å². The Hall–Kier alpha value is -5.27. The number of para-hydroxylation sites is 1. The van der Waals surface area contributed by atoms with E-state index < -0.39 is 0 Å². The molecule has 0 amide bonds. The van der Waals surface area contributed by atoms with E-state index in [-0.39, 0.29) is 20.7 Å². The van der Waals surface area contributed by atoms with E-state index in [0.29, 0.717) is 26.4 Å². The molecule has 0 unspecified atom stereocenters. The molecule has 0 bridgehead atoms. The van der Waals surface area contributed by atoms with Crippen LogP contribution in [0.3, 0.4) is 0 Å². The Morgan fingerprint density at radius 3 is 1.52 bits per heavy atom. The molecule has 3 heterocycles. The van der Waals surface area contributed by atoms with Gasteiger partial charge in [0.1, 0.15) is 11.5 Å². The van der Waals surface area contributed by atoms with Gasteiger partial charge in [-0.25, -0.2) is 0 Å². The Kier molecular flexibility index (Phi) is 17.5. The number of hydrogen-bond acceptors (Lipinski definition) is 9. The number of rotatable bonds is 21. The van der Waals surface area contributed by atoms with Crippen molar-refractivity contribution in [2.45, 2.75) is 39.9 Å². The number of fused-ring (bicyclic) bond motifs is 3. The Labute approximate surface area is 402 Å². The Balaban J connectivity index is 0.000000179. The molecule has 0 aliphatic carbocycles. The number of hydrogen-bond donors (Lipinski definition) is 1. The van der Waals surface area contributed by atoms with Gasteiger partial charge in [-0.05, 0) is 125 Å². The van der Waals surface area contributed by atoms with Crippen molar-refractivity contribution >= 4 is 108 Å². The summed E-state index contributed by atoms with van der Waals surface area (Å²) >= 11 is 5.24. The molecular formula is C54H54B3NO5S3. The second-order valence-corrected chi connectivity index (χ2v) is 18.6. The van der Waals surface area contributed by atoms with Crippen molar-refractivity contribution in [1.82, 2.24) is 0 Å². The Bertz CT molecular complexity index is 2730. The lowest BCUT2D eigenvalue weighted by atomic mass is 9.55. The molecule has 9 rings (SSSR count). The van der Waals surface area contributed by atoms with Crippen molar-refractivity contribution in [3.63, 3.8) is 0 Å². The fourth-order valence-electron chi connectivity index (χ4n) is 7.88. The lowest BCUT2D eigenvalue weighted by molar-refractivity contribution is 0.107. The summed E-state index contributed by atoms with van der Waals surface area (Å²) in [5.41, 5.74) is 15.0. The second-order valence-electron chi connectivity index (χ2n) is 16.0. The van der Waals surface area contributed by atoms with Crippen molar-refractivity contribution in [3.8, 4) is 11.5 Å². The van der Waals surface area contributed by atoms with Crippen LogP contribution in [-0.4, -0.2) is 47.1 Å². The number of ether oxygens (including phenoxy) is 2. The zero-order valence-corrected chi connectivity index (χ0v) is 40.0. The SMILES string of the molecule is CCCOB(c1ccccc1)c1cccc(COCc2cccc(Oc3ccccc3)c2)c1.CCCOB(c1ccsc1)c1ccc2sc3ccc(B(OCCN)c4ccsc4)cc3c2c1. The van der Waals surface area contributed by atoms with E-state index >= 15 is 0 Å². The molecule has 9 aromatic rings. The zero-order valence-electron chi connectivity index (χ0n) is 37.6. The largest absolute Gasteiger partial charge is 0.457 e. The van der Waals surface area contributed by atoms with Gasteiger partial charge in [-0.1, -0.05) is 135 Å². The molecule has 3 aromatic heterocycles. The van der Waals surface area contributed by atoms with Gasteiger partial charge in [-0.3, -0.25) is 0 Å². The number of thiophene rings is 3. The highest BCUT2D eigenvalue weighted by molar-refractivity contribution is 7.26. The van der Waals surface area contributed by atoms with Crippen LogP contribution in [0.5, 0.6) is 11.5 Å². The topological polar surface area (TPSA) is 72.2 Å². The maximum Gasteiger partial charge on any atom is 0.362 e. The minimum atomic E-state index is -0.103. The summed E-state index contributed by atoms with van der Waals surface area (Å²) in [7, 11) is 0.